The minimum absolute atomic E-state index is 0.269. The molecule has 0 aliphatic carbocycles. The second kappa shape index (κ2) is 6.11. The molecule has 0 aromatic carbocycles. The van der Waals surface area contributed by atoms with E-state index < -0.39 is 0 Å². The van der Waals surface area contributed by atoms with Gasteiger partial charge in [0.25, 0.3) is 0 Å². The molecule has 3 nitrogen and oxygen atoms in total. The number of hydrogen-bond acceptors (Lipinski definition) is 2. The number of nitrogens with zero attached hydrogens (tertiary/aromatic N) is 1. The molecule has 0 aromatic heterocycles. The number of hydrogen-bond donors (Lipinski definition) is 1. The van der Waals surface area contributed by atoms with Crippen molar-refractivity contribution in [1.82, 2.24) is 10.2 Å². The Morgan fingerprint density at radius 3 is 2.80 bits per heavy atom. The first-order chi connectivity index (χ1) is 7.20. The molecule has 88 valence electrons. The van der Waals surface area contributed by atoms with Crippen LogP contribution in [-0.2, 0) is 4.79 Å². The molecule has 1 N–H and O–H groups in total. The molecule has 2 atom stereocenters. The van der Waals surface area contributed by atoms with Crippen LogP contribution in [0.5, 0.6) is 0 Å². The van der Waals surface area contributed by atoms with Gasteiger partial charge >= 0.3 is 0 Å². The molecule has 1 heterocycles. The monoisotopic (exact) mass is 212 g/mol. The van der Waals surface area contributed by atoms with E-state index in [1.165, 1.54) is 19.3 Å². The van der Waals surface area contributed by atoms with Gasteiger partial charge in [-0.3, -0.25) is 10.1 Å². The number of amides is 1. The van der Waals surface area contributed by atoms with E-state index in [0.717, 1.165) is 12.8 Å². The van der Waals surface area contributed by atoms with Gasteiger partial charge in [-0.25, -0.2) is 0 Å². The van der Waals surface area contributed by atoms with E-state index in [4.69, 9.17) is 0 Å². The molecule has 3 heteroatoms. The number of carbonyl (C=O) groups excluding carboxylic acids is 1. The Morgan fingerprint density at radius 2 is 2.20 bits per heavy atom. The average Bonchev–Trinajstić information content (AvgIpc) is 2.59. The van der Waals surface area contributed by atoms with Crippen molar-refractivity contribution in [2.45, 2.75) is 65.1 Å². The predicted molar refractivity (Wildman–Crippen MR) is 62.5 cm³/mol. The quantitative estimate of drug-likeness (QED) is 0.684. The van der Waals surface area contributed by atoms with Crippen LogP contribution in [0, 0.1) is 0 Å². The summed E-state index contributed by atoms with van der Waals surface area (Å²) in [5.41, 5.74) is 0. The summed E-state index contributed by atoms with van der Waals surface area (Å²) in [6.07, 6.45) is 6.17. The largest absolute Gasteiger partial charge is 0.323 e. The standard InChI is InChI=1S/C12H24N2O/c1-4-6-7-8-10(3)14-11(5-2)13-9-12(14)15/h10-11,13H,4-9H2,1-3H3. The van der Waals surface area contributed by atoms with Gasteiger partial charge in [-0.2, -0.15) is 0 Å². The molecule has 0 radical (unpaired) electrons. The number of unbranched alkanes of at least 4 members (excludes halogenated alkanes) is 2. The second-order valence-electron chi connectivity index (χ2n) is 4.45. The molecule has 2 unspecified atom stereocenters. The third kappa shape index (κ3) is 3.20. The summed E-state index contributed by atoms with van der Waals surface area (Å²) in [6.45, 7) is 7.03. The topological polar surface area (TPSA) is 32.3 Å². The molecule has 1 rings (SSSR count). The molecule has 15 heavy (non-hydrogen) atoms. The van der Waals surface area contributed by atoms with Crippen molar-refractivity contribution in [3.05, 3.63) is 0 Å². The number of rotatable bonds is 6. The lowest BCUT2D eigenvalue weighted by Crippen LogP contribution is -2.42. The van der Waals surface area contributed by atoms with Gasteiger partial charge in [-0.05, 0) is 19.8 Å². The van der Waals surface area contributed by atoms with Crippen LogP contribution in [0.3, 0.4) is 0 Å². The zero-order valence-electron chi connectivity index (χ0n) is 10.3. The summed E-state index contributed by atoms with van der Waals surface area (Å²) >= 11 is 0. The smallest absolute Gasteiger partial charge is 0.238 e. The molecular weight excluding hydrogens is 188 g/mol. The molecule has 1 saturated heterocycles. The Labute approximate surface area is 93.2 Å². The van der Waals surface area contributed by atoms with Crippen LogP contribution >= 0.6 is 0 Å². The van der Waals surface area contributed by atoms with Crippen molar-refractivity contribution in [2.24, 2.45) is 0 Å². The highest BCUT2D eigenvalue weighted by Crippen LogP contribution is 2.17. The fourth-order valence-electron chi connectivity index (χ4n) is 2.29. The first-order valence-electron chi connectivity index (χ1n) is 6.25. The Bertz CT molecular complexity index is 206. The first-order valence-corrected chi connectivity index (χ1v) is 6.25. The third-order valence-corrected chi connectivity index (χ3v) is 3.20. The van der Waals surface area contributed by atoms with Crippen LogP contribution in [0.4, 0.5) is 0 Å². The molecule has 1 amide bonds. The van der Waals surface area contributed by atoms with Crippen LogP contribution in [0.25, 0.3) is 0 Å². The zero-order valence-corrected chi connectivity index (χ0v) is 10.3. The third-order valence-electron chi connectivity index (χ3n) is 3.20. The first kappa shape index (κ1) is 12.5. The normalized spacial score (nSPS) is 23.5. The fraction of sp³-hybridized carbons (Fsp3) is 0.917. The Hall–Kier alpha value is -0.570. The summed E-state index contributed by atoms with van der Waals surface area (Å²) in [6, 6.07) is 0.393. The van der Waals surface area contributed by atoms with E-state index >= 15 is 0 Å². The molecule has 1 fully saturated rings. The highest BCUT2D eigenvalue weighted by molar-refractivity contribution is 5.80. The van der Waals surface area contributed by atoms with E-state index in [2.05, 4.69) is 26.1 Å². The van der Waals surface area contributed by atoms with Gasteiger partial charge in [0, 0.05) is 6.04 Å². The lowest BCUT2D eigenvalue weighted by Gasteiger charge is -2.29. The summed E-state index contributed by atoms with van der Waals surface area (Å²) in [7, 11) is 0. The SMILES string of the molecule is CCCCCC(C)N1C(=O)CNC1CC. The Morgan fingerprint density at radius 1 is 1.47 bits per heavy atom. The summed E-state index contributed by atoms with van der Waals surface area (Å²) in [4.78, 5) is 13.7. The summed E-state index contributed by atoms with van der Waals surface area (Å²) in [5.74, 6) is 0.269. The number of nitrogens with one attached hydrogen (secondary N) is 1. The average molecular weight is 212 g/mol. The number of carbonyl (C=O) groups is 1. The van der Waals surface area contributed by atoms with Crippen molar-refractivity contribution in [1.29, 1.82) is 0 Å². The maximum absolute atomic E-state index is 11.7. The maximum atomic E-state index is 11.7. The van der Waals surface area contributed by atoms with Gasteiger partial charge in [0.05, 0.1) is 12.7 Å². The van der Waals surface area contributed by atoms with Crippen LogP contribution in [-0.4, -0.2) is 29.6 Å². The lowest BCUT2D eigenvalue weighted by molar-refractivity contribution is -0.130. The molecule has 0 spiro atoms. The van der Waals surface area contributed by atoms with Crippen molar-refractivity contribution >= 4 is 5.91 Å². The van der Waals surface area contributed by atoms with Crippen LogP contribution in [0.2, 0.25) is 0 Å². The van der Waals surface area contributed by atoms with E-state index in [0.29, 0.717) is 12.6 Å². The summed E-state index contributed by atoms with van der Waals surface area (Å²) in [5, 5.41) is 3.25. The molecule has 1 aliphatic heterocycles. The minimum Gasteiger partial charge on any atom is -0.323 e. The molecular formula is C12H24N2O. The second-order valence-corrected chi connectivity index (χ2v) is 4.45. The van der Waals surface area contributed by atoms with Gasteiger partial charge in [0.15, 0.2) is 0 Å². The van der Waals surface area contributed by atoms with Crippen molar-refractivity contribution in [3.63, 3.8) is 0 Å². The van der Waals surface area contributed by atoms with E-state index in [1.807, 2.05) is 4.90 Å². The van der Waals surface area contributed by atoms with Crippen LogP contribution in [0.1, 0.15) is 52.9 Å². The van der Waals surface area contributed by atoms with Crippen molar-refractivity contribution in [3.8, 4) is 0 Å². The molecule has 1 aliphatic rings. The predicted octanol–water partition coefficient (Wildman–Crippen LogP) is 2.12. The summed E-state index contributed by atoms with van der Waals surface area (Å²) < 4.78 is 0. The molecule has 0 bridgehead atoms. The highest BCUT2D eigenvalue weighted by atomic mass is 16.2. The van der Waals surface area contributed by atoms with E-state index in [-0.39, 0.29) is 12.1 Å². The van der Waals surface area contributed by atoms with Crippen LogP contribution in [0.15, 0.2) is 0 Å². The Balaban J connectivity index is 2.41. The van der Waals surface area contributed by atoms with Gasteiger partial charge in [0.2, 0.25) is 5.91 Å². The molecule has 0 saturated carbocycles. The highest BCUT2D eigenvalue weighted by Gasteiger charge is 2.32. The molecule has 0 aromatic rings. The van der Waals surface area contributed by atoms with E-state index in [1.54, 1.807) is 0 Å². The van der Waals surface area contributed by atoms with Gasteiger partial charge in [-0.1, -0.05) is 33.1 Å². The van der Waals surface area contributed by atoms with Crippen LogP contribution < -0.4 is 5.32 Å². The van der Waals surface area contributed by atoms with E-state index in [9.17, 15) is 4.79 Å². The maximum Gasteiger partial charge on any atom is 0.238 e. The van der Waals surface area contributed by atoms with Crippen molar-refractivity contribution in [2.75, 3.05) is 6.54 Å². The fourth-order valence-corrected chi connectivity index (χ4v) is 2.29. The van der Waals surface area contributed by atoms with Gasteiger partial charge in [0.1, 0.15) is 0 Å². The van der Waals surface area contributed by atoms with Gasteiger partial charge < -0.3 is 4.90 Å². The van der Waals surface area contributed by atoms with Crippen molar-refractivity contribution < 1.29 is 4.79 Å². The minimum atomic E-state index is 0.269. The Kier molecular flexibility index (Phi) is 5.09. The zero-order chi connectivity index (χ0) is 11.3. The lowest BCUT2D eigenvalue weighted by atomic mass is 10.1. The van der Waals surface area contributed by atoms with Gasteiger partial charge in [-0.15, -0.1) is 0 Å².